The number of amides is 2. The molecule has 2 amide bonds. The molecule has 0 spiro atoms. The smallest absolute Gasteiger partial charge is 0.271 e. The van der Waals surface area contributed by atoms with Crippen LogP contribution in [-0.2, 0) is 22.6 Å². The Morgan fingerprint density at radius 2 is 1.89 bits per heavy atom. The van der Waals surface area contributed by atoms with Crippen molar-refractivity contribution < 1.29 is 19.2 Å². The predicted octanol–water partition coefficient (Wildman–Crippen LogP) is 2.54. The molecule has 0 N–H and O–H groups in total. The second-order valence-electron chi connectivity index (χ2n) is 6.60. The monoisotopic (exact) mass is 383 g/mol. The third-order valence-corrected chi connectivity index (χ3v) is 4.67. The Bertz CT molecular complexity index is 911. The normalized spacial score (nSPS) is 12.9. The van der Waals surface area contributed by atoms with Gasteiger partial charge in [-0.15, -0.1) is 0 Å². The van der Waals surface area contributed by atoms with Crippen LogP contribution in [0.3, 0.4) is 0 Å². The summed E-state index contributed by atoms with van der Waals surface area (Å²) in [5.74, 6) is -0.342. The minimum atomic E-state index is -0.550. The molecule has 0 saturated carbocycles. The van der Waals surface area contributed by atoms with Crippen molar-refractivity contribution in [3.63, 3.8) is 0 Å². The number of nitrogens with zero attached hydrogens (tertiary/aromatic N) is 3. The average molecular weight is 383 g/mol. The van der Waals surface area contributed by atoms with Gasteiger partial charge < -0.3 is 9.64 Å². The maximum Gasteiger partial charge on any atom is 0.271 e. The number of hydrogen-bond acceptors (Lipinski definition) is 5. The molecule has 2 aromatic carbocycles. The van der Waals surface area contributed by atoms with Crippen molar-refractivity contribution in [1.82, 2.24) is 4.90 Å². The summed E-state index contributed by atoms with van der Waals surface area (Å²) in [5.41, 5.74) is 2.27. The first-order valence-electron chi connectivity index (χ1n) is 8.92. The number of nitro groups is 1. The van der Waals surface area contributed by atoms with E-state index in [0.717, 1.165) is 12.0 Å². The van der Waals surface area contributed by atoms with Crippen LogP contribution < -0.4 is 9.64 Å². The molecule has 8 nitrogen and oxygen atoms in total. The SMILES string of the molecule is CCc1ccc(CN(C)C(=O)CN2C(=O)COc3ccc([N+](=O)[O-])cc32)cc1. The number of nitro benzene ring substituents is 1. The van der Waals surface area contributed by atoms with Crippen LogP contribution in [0.15, 0.2) is 42.5 Å². The van der Waals surface area contributed by atoms with Gasteiger partial charge in [0.05, 0.1) is 10.6 Å². The van der Waals surface area contributed by atoms with Crippen LogP contribution in [0.1, 0.15) is 18.1 Å². The highest BCUT2D eigenvalue weighted by Crippen LogP contribution is 2.35. The highest BCUT2D eigenvalue weighted by Gasteiger charge is 2.30. The molecule has 0 bridgehead atoms. The summed E-state index contributed by atoms with van der Waals surface area (Å²) in [5, 5.41) is 11.0. The number of carbonyl (C=O) groups excluding carboxylic acids is 2. The van der Waals surface area contributed by atoms with Crippen LogP contribution >= 0.6 is 0 Å². The van der Waals surface area contributed by atoms with Gasteiger partial charge in [0.15, 0.2) is 6.61 Å². The van der Waals surface area contributed by atoms with Gasteiger partial charge in [0.1, 0.15) is 12.3 Å². The Labute approximate surface area is 162 Å². The van der Waals surface area contributed by atoms with Gasteiger partial charge in [0.2, 0.25) is 5.91 Å². The number of likely N-dealkylation sites (N-methyl/N-ethyl adjacent to an activating group) is 1. The van der Waals surface area contributed by atoms with E-state index in [-0.39, 0.29) is 30.4 Å². The average Bonchev–Trinajstić information content (AvgIpc) is 2.70. The van der Waals surface area contributed by atoms with E-state index in [4.69, 9.17) is 4.74 Å². The van der Waals surface area contributed by atoms with Gasteiger partial charge in [-0.2, -0.15) is 0 Å². The minimum absolute atomic E-state index is 0.168. The Balaban J connectivity index is 1.74. The van der Waals surface area contributed by atoms with Gasteiger partial charge in [-0.1, -0.05) is 31.2 Å². The van der Waals surface area contributed by atoms with E-state index in [1.165, 1.54) is 33.6 Å². The Morgan fingerprint density at radius 3 is 2.54 bits per heavy atom. The zero-order valence-corrected chi connectivity index (χ0v) is 15.8. The first-order chi connectivity index (χ1) is 13.4. The molecule has 0 unspecified atom stereocenters. The van der Waals surface area contributed by atoms with Gasteiger partial charge in [-0.05, 0) is 23.6 Å². The Morgan fingerprint density at radius 1 is 1.21 bits per heavy atom. The second kappa shape index (κ2) is 8.08. The maximum absolute atomic E-state index is 12.7. The number of benzene rings is 2. The van der Waals surface area contributed by atoms with Gasteiger partial charge in [0, 0.05) is 25.7 Å². The summed E-state index contributed by atoms with van der Waals surface area (Å²) in [4.78, 5) is 38.2. The number of ether oxygens (including phenoxy) is 1. The highest BCUT2D eigenvalue weighted by atomic mass is 16.6. The topological polar surface area (TPSA) is 93.0 Å². The summed E-state index contributed by atoms with van der Waals surface area (Å²) in [6.07, 6.45) is 0.944. The summed E-state index contributed by atoms with van der Waals surface area (Å²) in [7, 11) is 1.66. The fraction of sp³-hybridized carbons (Fsp3) is 0.300. The van der Waals surface area contributed by atoms with Gasteiger partial charge in [-0.25, -0.2) is 0 Å². The van der Waals surface area contributed by atoms with Crippen LogP contribution in [0.5, 0.6) is 5.75 Å². The van der Waals surface area contributed by atoms with E-state index in [9.17, 15) is 19.7 Å². The lowest BCUT2D eigenvalue weighted by Gasteiger charge is -2.30. The molecule has 0 fully saturated rings. The lowest BCUT2D eigenvalue weighted by molar-refractivity contribution is -0.384. The number of hydrogen-bond donors (Lipinski definition) is 0. The van der Waals surface area contributed by atoms with Crippen molar-refractivity contribution in [2.75, 3.05) is 25.1 Å². The molecule has 0 aliphatic carbocycles. The molecule has 28 heavy (non-hydrogen) atoms. The van der Waals surface area contributed by atoms with E-state index in [1.807, 2.05) is 24.3 Å². The lowest BCUT2D eigenvalue weighted by Crippen LogP contribution is -2.45. The quantitative estimate of drug-likeness (QED) is 0.564. The number of rotatable bonds is 6. The van der Waals surface area contributed by atoms with Gasteiger partial charge in [-0.3, -0.25) is 24.6 Å². The Kier molecular flexibility index (Phi) is 5.58. The molecule has 2 aromatic rings. The number of non-ortho nitro benzene ring substituents is 1. The zero-order valence-electron chi connectivity index (χ0n) is 15.8. The summed E-state index contributed by atoms with van der Waals surface area (Å²) in [6, 6.07) is 12.0. The van der Waals surface area contributed by atoms with Crippen molar-refractivity contribution in [2.24, 2.45) is 0 Å². The molecule has 1 heterocycles. The summed E-state index contributed by atoms with van der Waals surface area (Å²) < 4.78 is 5.32. The maximum atomic E-state index is 12.7. The number of fused-ring (bicyclic) bond motifs is 1. The molecular formula is C20H21N3O5. The zero-order chi connectivity index (χ0) is 20.3. The summed E-state index contributed by atoms with van der Waals surface area (Å²) >= 11 is 0. The Hall–Kier alpha value is -3.42. The number of aryl methyl sites for hydroxylation is 1. The van der Waals surface area contributed by atoms with Crippen molar-refractivity contribution in [3.8, 4) is 5.75 Å². The molecule has 146 valence electrons. The first kappa shape index (κ1) is 19.3. The third kappa shape index (κ3) is 4.11. The van der Waals surface area contributed by atoms with Crippen LogP contribution in [0, 0.1) is 10.1 Å². The molecule has 1 aliphatic rings. The van der Waals surface area contributed by atoms with E-state index in [1.54, 1.807) is 7.05 Å². The van der Waals surface area contributed by atoms with Crippen molar-refractivity contribution in [2.45, 2.75) is 19.9 Å². The van der Waals surface area contributed by atoms with E-state index in [0.29, 0.717) is 12.3 Å². The van der Waals surface area contributed by atoms with Crippen molar-refractivity contribution in [1.29, 1.82) is 0 Å². The van der Waals surface area contributed by atoms with Crippen LogP contribution in [0.2, 0.25) is 0 Å². The molecule has 0 saturated heterocycles. The van der Waals surface area contributed by atoms with Crippen LogP contribution in [0.4, 0.5) is 11.4 Å². The van der Waals surface area contributed by atoms with Gasteiger partial charge in [0.25, 0.3) is 11.6 Å². The van der Waals surface area contributed by atoms with E-state index >= 15 is 0 Å². The summed E-state index contributed by atoms with van der Waals surface area (Å²) in [6.45, 7) is 2.07. The fourth-order valence-electron chi connectivity index (χ4n) is 2.98. The molecule has 0 atom stereocenters. The standard InChI is InChI=1S/C20H21N3O5/c1-3-14-4-6-15(7-5-14)11-21(2)19(24)12-22-17-10-16(23(26)27)8-9-18(17)28-13-20(22)25/h4-10H,3,11-13H2,1-2H3. The molecule has 0 radical (unpaired) electrons. The molecule has 0 aromatic heterocycles. The third-order valence-electron chi connectivity index (χ3n) is 4.67. The fourth-order valence-corrected chi connectivity index (χ4v) is 2.98. The highest BCUT2D eigenvalue weighted by molar-refractivity contribution is 6.02. The minimum Gasteiger partial charge on any atom is -0.482 e. The van der Waals surface area contributed by atoms with Crippen LogP contribution in [0.25, 0.3) is 0 Å². The van der Waals surface area contributed by atoms with Gasteiger partial charge >= 0.3 is 0 Å². The second-order valence-corrected chi connectivity index (χ2v) is 6.60. The predicted molar refractivity (Wildman–Crippen MR) is 103 cm³/mol. The van der Waals surface area contributed by atoms with E-state index in [2.05, 4.69) is 6.92 Å². The molecular weight excluding hydrogens is 362 g/mol. The number of anilines is 1. The molecule has 3 rings (SSSR count). The molecule has 1 aliphatic heterocycles. The lowest BCUT2D eigenvalue weighted by atomic mass is 10.1. The molecule has 8 heteroatoms. The largest absolute Gasteiger partial charge is 0.482 e. The van der Waals surface area contributed by atoms with E-state index < -0.39 is 10.8 Å². The van der Waals surface area contributed by atoms with Crippen molar-refractivity contribution >= 4 is 23.2 Å². The number of carbonyl (C=O) groups is 2. The first-order valence-corrected chi connectivity index (χ1v) is 8.92. The van der Waals surface area contributed by atoms with Crippen molar-refractivity contribution in [3.05, 3.63) is 63.7 Å². The van der Waals surface area contributed by atoms with Crippen LogP contribution in [-0.4, -0.2) is 41.8 Å².